The zero-order valence-corrected chi connectivity index (χ0v) is 17.4. The molecule has 0 aliphatic carbocycles. The van der Waals surface area contributed by atoms with Crippen molar-refractivity contribution in [3.8, 4) is 11.4 Å². The van der Waals surface area contributed by atoms with Crippen LogP contribution in [0.4, 0.5) is 5.69 Å². The number of imidazole rings is 1. The lowest BCUT2D eigenvalue weighted by molar-refractivity contribution is 0.389. The lowest BCUT2D eigenvalue weighted by Crippen LogP contribution is -2.35. The molecular formula is C23H24ClN5O. The van der Waals surface area contributed by atoms with Gasteiger partial charge in [0.15, 0.2) is 0 Å². The van der Waals surface area contributed by atoms with Crippen molar-refractivity contribution in [2.24, 2.45) is 0 Å². The molecule has 7 heteroatoms. The minimum Gasteiger partial charge on any atom is -0.384 e. The van der Waals surface area contributed by atoms with Gasteiger partial charge in [0.1, 0.15) is 11.4 Å². The van der Waals surface area contributed by atoms with Gasteiger partial charge in [0.2, 0.25) is 0 Å². The third-order valence-electron chi connectivity index (χ3n) is 5.81. The molecule has 2 aromatic heterocycles. The molecule has 1 fully saturated rings. The van der Waals surface area contributed by atoms with Gasteiger partial charge in [0.25, 0.3) is 5.56 Å². The number of benzene rings is 2. The summed E-state index contributed by atoms with van der Waals surface area (Å²) in [6.07, 6.45) is 4.72. The quantitative estimate of drug-likeness (QED) is 0.377. The molecule has 1 aliphatic heterocycles. The fraction of sp³-hybridized carbons (Fsp3) is 0.304. The molecule has 1 unspecified atom stereocenters. The second-order valence-corrected chi connectivity index (χ2v) is 8.30. The molecule has 0 radical (unpaired) electrons. The molecule has 30 heavy (non-hydrogen) atoms. The molecule has 4 aromatic rings. The van der Waals surface area contributed by atoms with E-state index in [9.17, 15) is 4.79 Å². The number of piperidine rings is 1. The van der Waals surface area contributed by atoms with E-state index >= 15 is 0 Å². The Morgan fingerprint density at radius 3 is 2.83 bits per heavy atom. The number of pyridine rings is 1. The number of nitrogens with zero attached hydrogens (tertiary/aromatic N) is 1. The molecule has 0 saturated carbocycles. The van der Waals surface area contributed by atoms with Crippen LogP contribution in [0.25, 0.3) is 33.3 Å². The number of fused-ring (bicyclic) bond motifs is 2. The third kappa shape index (κ3) is 3.68. The zero-order valence-electron chi connectivity index (χ0n) is 16.6. The number of aromatic nitrogens is 3. The van der Waals surface area contributed by atoms with E-state index in [1.165, 1.54) is 19.3 Å². The summed E-state index contributed by atoms with van der Waals surface area (Å²) in [4.78, 5) is 24.0. The van der Waals surface area contributed by atoms with Crippen molar-refractivity contribution in [1.82, 2.24) is 20.3 Å². The van der Waals surface area contributed by atoms with Gasteiger partial charge < -0.3 is 20.6 Å². The normalized spacial score (nSPS) is 16.9. The van der Waals surface area contributed by atoms with E-state index in [4.69, 9.17) is 11.6 Å². The molecule has 0 spiro atoms. The minimum atomic E-state index is -0.192. The Bertz CT molecular complexity index is 1220. The summed E-state index contributed by atoms with van der Waals surface area (Å²) in [5.41, 5.74) is 3.58. The summed E-state index contributed by atoms with van der Waals surface area (Å²) in [5, 5.41) is 8.64. The number of halogens is 1. The molecule has 1 saturated heterocycles. The van der Waals surface area contributed by atoms with E-state index in [0.717, 1.165) is 41.6 Å². The van der Waals surface area contributed by atoms with Crippen LogP contribution in [-0.4, -0.2) is 34.1 Å². The first-order valence-electron chi connectivity index (χ1n) is 10.5. The van der Waals surface area contributed by atoms with Gasteiger partial charge in [-0.1, -0.05) is 30.2 Å². The van der Waals surface area contributed by atoms with Gasteiger partial charge in [-0.3, -0.25) is 4.79 Å². The summed E-state index contributed by atoms with van der Waals surface area (Å²) in [6.45, 7) is 1.85. The van der Waals surface area contributed by atoms with Crippen LogP contribution in [0.2, 0.25) is 5.02 Å². The van der Waals surface area contributed by atoms with Crippen LogP contribution >= 0.6 is 11.6 Å². The molecule has 2 aromatic carbocycles. The molecular weight excluding hydrogens is 398 g/mol. The van der Waals surface area contributed by atoms with Crippen molar-refractivity contribution in [3.63, 3.8) is 0 Å². The standard InChI is InChI=1S/C23H24ClN5O/c24-14-8-9-16-19(13-14)29-23(30)20(22-27-17-6-1-2-7-18(17)28-22)21(16)26-12-10-15-5-3-4-11-25-15/h1-2,6-9,13,15,25H,3-5,10-12H2,(H,27,28)(H2,26,29,30). The summed E-state index contributed by atoms with van der Waals surface area (Å²) < 4.78 is 0. The average molecular weight is 422 g/mol. The second kappa shape index (κ2) is 8.13. The molecule has 0 bridgehead atoms. The maximum absolute atomic E-state index is 13.1. The highest BCUT2D eigenvalue weighted by atomic mass is 35.5. The van der Waals surface area contributed by atoms with E-state index in [-0.39, 0.29) is 5.56 Å². The summed E-state index contributed by atoms with van der Waals surface area (Å²) in [5.74, 6) is 0.563. The monoisotopic (exact) mass is 421 g/mol. The van der Waals surface area contributed by atoms with Crippen LogP contribution in [0.1, 0.15) is 25.7 Å². The molecule has 4 N–H and O–H groups in total. The van der Waals surface area contributed by atoms with Gasteiger partial charge in [0.05, 0.1) is 22.2 Å². The number of hydrogen-bond acceptors (Lipinski definition) is 4. The highest BCUT2D eigenvalue weighted by Crippen LogP contribution is 2.32. The van der Waals surface area contributed by atoms with Crippen molar-refractivity contribution in [1.29, 1.82) is 0 Å². The fourth-order valence-corrected chi connectivity index (χ4v) is 4.47. The first-order chi connectivity index (χ1) is 14.7. The van der Waals surface area contributed by atoms with Crippen LogP contribution in [0.3, 0.4) is 0 Å². The van der Waals surface area contributed by atoms with E-state index in [1.807, 2.05) is 36.4 Å². The third-order valence-corrected chi connectivity index (χ3v) is 6.04. The van der Waals surface area contributed by atoms with Crippen molar-refractivity contribution >= 4 is 39.2 Å². The van der Waals surface area contributed by atoms with Crippen LogP contribution < -0.4 is 16.2 Å². The highest BCUT2D eigenvalue weighted by molar-refractivity contribution is 6.31. The lowest BCUT2D eigenvalue weighted by atomic mass is 10.0. The van der Waals surface area contributed by atoms with Crippen LogP contribution in [0.15, 0.2) is 47.3 Å². The Kier molecular flexibility index (Phi) is 5.19. The molecule has 0 amide bonds. The van der Waals surface area contributed by atoms with Gasteiger partial charge in [0, 0.05) is 23.0 Å². The number of anilines is 1. The van der Waals surface area contributed by atoms with Crippen molar-refractivity contribution < 1.29 is 0 Å². The number of nitrogens with one attached hydrogen (secondary N) is 4. The molecule has 1 aliphatic rings. The number of hydrogen-bond donors (Lipinski definition) is 4. The lowest BCUT2D eigenvalue weighted by Gasteiger charge is -2.24. The van der Waals surface area contributed by atoms with Gasteiger partial charge in [-0.05, 0) is 56.1 Å². The smallest absolute Gasteiger partial charge is 0.261 e. The SMILES string of the molecule is O=c1[nH]c2cc(Cl)ccc2c(NCCC2CCCCN2)c1-c1nc2ccccc2[nH]1. The Hall–Kier alpha value is -2.83. The average Bonchev–Trinajstić information content (AvgIpc) is 3.17. The molecule has 6 nitrogen and oxygen atoms in total. The van der Waals surface area contributed by atoms with Crippen LogP contribution in [-0.2, 0) is 0 Å². The number of rotatable bonds is 5. The van der Waals surface area contributed by atoms with Crippen molar-refractivity contribution in [2.75, 3.05) is 18.4 Å². The molecule has 3 heterocycles. The van der Waals surface area contributed by atoms with Crippen LogP contribution in [0.5, 0.6) is 0 Å². The van der Waals surface area contributed by atoms with Crippen LogP contribution in [0, 0.1) is 0 Å². The Labute approximate surface area is 179 Å². The maximum Gasteiger partial charge on any atom is 0.261 e. The largest absolute Gasteiger partial charge is 0.384 e. The summed E-state index contributed by atoms with van der Waals surface area (Å²) in [6, 6.07) is 13.9. The Balaban J connectivity index is 1.57. The number of para-hydroxylation sites is 2. The van der Waals surface area contributed by atoms with E-state index in [1.54, 1.807) is 6.07 Å². The fourth-order valence-electron chi connectivity index (χ4n) is 4.29. The van der Waals surface area contributed by atoms with Gasteiger partial charge in [-0.15, -0.1) is 0 Å². The predicted octanol–water partition coefficient (Wildman–Crippen LogP) is 4.67. The summed E-state index contributed by atoms with van der Waals surface area (Å²) >= 11 is 6.17. The predicted molar refractivity (Wildman–Crippen MR) is 123 cm³/mol. The highest BCUT2D eigenvalue weighted by Gasteiger charge is 2.19. The Morgan fingerprint density at radius 1 is 1.10 bits per heavy atom. The number of aromatic amines is 2. The molecule has 154 valence electrons. The van der Waals surface area contributed by atoms with Gasteiger partial charge in [-0.25, -0.2) is 4.98 Å². The van der Waals surface area contributed by atoms with Gasteiger partial charge >= 0.3 is 0 Å². The first-order valence-corrected chi connectivity index (χ1v) is 10.8. The first kappa shape index (κ1) is 19.2. The zero-order chi connectivity index (χ0) is 20.5. The van der Waals surface area contributed by atoms with Crippen molar-refractivity contribution in [2.45, 2.75) is 31.7 Å². The topological polar surface area (TPSA) is 85.6 Å². The number of H-pyrrole nitrogens is 2. The molecule has 5 rings (SSSR count). The van der Waals surface area contributed by atoms with E-state index in [2.05, 4.69) is 25.6 Å². The Morgan fingerprint density at radius 2 is 2.00 bits per heavy atom. The van der Waals surface area contributed by atoms with E-state index in [0.29, 0.717) is 28.0 Å². The summed E-state index contributed by atoms with van der Waals surface area (Å²) in [7, 11) is 0. The van der Waals surface area contributed by atoms with E-state index < -0.39 is 0 Å². The minimum absolute atomic E-state index is 0.192. The van der Waals surface area contributed by atoms with Crippen molar-refractivity contribution in [3.05, 3.63) is 57.8 Å². The maximum atomic E-state index is 13.1. The second-order valence-electron chi connectivity index (χ2n) is 7.86. The van der Waals surface area contributed by atoms with Gasteiger partial charge in [-0.2, -0.15) is 0 Å². The molecule has 1 atom stereocenters.